The average molecular weight is 423 g/mol. The number of sulfonamides is 1. The first-order valence-corrected chi connectivity index (χ1v) is 9.81. The third-order valence-corrected chi connectivity index (χ3v) is 5.88. The predicted molar refractivity (Wildman–Crippen MR) is 105 cm³/mol. The van der Waals surface area contributed by atoms with Crippen LogP contribution in [0.2, 0.25) is 5.02 Å². The number of anilines is 1. The molecule has 0 aliphatic heterocycles. The van der Waals surface area contributed by atoms with E-state index in [0.29, 0.717) is 11.4 Å². The molecule has 0 bridgehead atoms. The van der Waals surface area contributed by atoms with Crippen LogP contribution in [0.15, 0.2) is 52.3 Å². The molecule has 3 rings (SSSR count). The van der Waals surface area contributed by atoms with Crippen LogP contribution in [0.4, 0.5) is 11.4 Å². The van der Waals surface area contributed by atoms with Crippen LogP contribution < -0.4 is 10.4 Å². The number of aryl methyl sites for hydroxylation is 1. The number of hydrogen-bond donors (Lipinski definition) is 2. The summed E-state index contributed by atoms with van der Waals surface area (Å²) >= 11 is 5.98. The zero-order chi connectivity index (χ0) is 20.6. The number of benzene rings is 2. The second-order valence-corrected chi connectivity index (χ2v) is 8.09. The Labute approximate surface area is 164 Å². The third-order valence-electron chi connectivity index (χ3n) is 4.15. The maximum Gasteiger partial charge on any atom is 0.330 e. The number of aromatic amines is 1. The molecule has 0 amide bonds. The fourth-order valence-corrected chi connectivity index (χ4v) is 4.10. The molecule has 0 spiro atoms. The number of nitrogens with one attached hydrogen (secondary N) is 2. The first kappa shape index (κ1) is 19.6. The van der Waals surface area contributed by atoms with E-state index in [-0.39, 0.29) is 21.2 Å². The Morgan fingerprint density at radius 3 is 2.50 bits per heavy atom. The van der Waals surface area contributed by atoms with E-state index in [0.717, 1.165) is 12.1 Å². The summed E-state index contributed by atoms with van der Waals surface area (Å²) in [5, 5.41) is 11.1. The van der Waals surface area contributed by atoms with E-state index >= 15 is 0 Å². The number of H-pyrrole nitrogens is 1. The molecule has 1 aromatic heterocycles. The van der Waals surface area contributed by atoms with Crippen molar-refractivity contribution in [3.8, 4) is 5.69 Å². The Morgan fingerprint density at radius 1 is 1.21 bits per heavy atom. The van der Waals surface area contributed by atoms with Crippen LogP contribution in [0.3, 0.4) is 0 Å². The highest BCUT2D eigenvalue weighted by molar-refractivity contribution is 7.92. The number of hydrogen-bond acceptors (Lipinski definition) is 5. The van der Waals surface area contributed by atoms with Crippen molar-refractivity contribution in [1.82, 2.24) is 9.55 Å². The van der Waals surface area contributed by atoms with Gasteiger partial charge in [0.25, 0.3) is 15.7 Å². The fraction of sp³-hybridized carbons (Fsp3) is 0.118. The first-order valence-electron chi connectivity index (χ1n) is 7.95. The number of rotatable bonds is 5. The number of nitro benzene ring substituents is 1. The minimum absolute atomic E-state index is 0.0411. The van der Waals surface area contributed by atoms with Gasteiger partial charge in [-0.2, -0.15) is 0 Å². The van der Waals surface area contributed by atoms with E-state index in [9.17, 15) is 23.3 Å². The molecule has 0 aliphatic rings. The molecular weight excluding hydrogens is 408 g/mol. The van der Waals surface area contributed by atoms with Gasteiger partial charge in [-0.3, -0.25) is 19.4 Å². The molecule has 0 atom stereocenters. The SMILES string of the molecule is Cc1c(Cl)cc(S(=O)(=O)Nc2ccccc2-n2c(C)c[nH]c2=O)cc1[N+](=O)[O-]. The van der Waals surface area contributed by atoms with Gasteiger partial charge in [0.2, 0.25) is 0 Å². The van der Waals surface area contributed by atoms with Gasteiger partial charge < -0.3 is 4.98 Å². The Balaban J connectivity index is 2.11. The van der Waals surface area contributed by atoms with Crippen LogP contribution in [0.25, 0.3) is 5.69 Å². The van der Waals surface area contributed by atoms with Crippen molar-refractivity contribution in [2.45, 2.75) is 18.7 Å². The van der Waals surface area contributed by atoms with Crippen molar-refractivity contribution in [2.24, 2.45) is 0 Å². The van der Waals surface area contributed by atoms with Gasteiger partial charge in [-0.1, -0.05) is 23.7 Å². The molecule has 3 aromatic rings. The highest BCUT2D eigenvalue weighted by Gasteiger charge is 2.24. The Kier molecular flexibility index (Phi) is 5.01. The van der Waals surface area contributed by atoms with Crippen molar-refractivity contribution in [2.75, 3.05) is 4.72 Å². The van der Waals surface area contributed by atoms with E-state index in [1.165, 1.54) is 23.8 Å². The zero-order valence-corrected chi connectivity index (χ0v) is 16.3. The Bertz CT molecular complexity index is 1250. The van der Waals surface area contributed by atoms with Gasteiger partial charge in [-0.25, -0.2) is 13.2 Å². The van der Waals surface area contributed by atoms with Gasteiger partial charge in [0, 0.05) is 23.5 Å². The lowest BCUT2D eigenvalue weighted by Gasteiger charge is -2.14. The summed E-state index contributed by atoms with van der Waals surface area (Å²) < 4.78 is 29.4. The van der Waals surface area contributed by atoms with Crippen LogP contribution in [0.1, 0.15) is 11.3 Å². The van der Waals surface area contributed by atoms with Crippen LogP contribution in [0.5, 0.6) is 0 Å². The number of nitrogens with zero attached hydrogens (tertiary/aromatic N) is 2. The molecule has 11 heteroatoms. The summed E-state index contributed by atoms with van der Waals surface area (Å²) in [4.78, 5) is 24.7. The molecule has 2 aromatic carbocycles. The number of para-hydroxylation sites is 2. The van der Waals surface area contributed by atoms with Gasteiger partial charge >= 0.3 is 5.69 Å². The summed E-state index contributed by atoms with van der Waals surface area (Å²) in [6.07, 6.45) is 1.50. The second kappa shape index (κ2) is 7.13. The second-order valence-electron chi connectivity index (χ2n) is 6.00. The first-order chi connectivity index (χ1) is 13.1. The molecule has 0 unspecified atom stereocenters. The predicted octanol–water partition coefficient (Wildman–Crippen LogP) is 3.14. The molecule has 0 radical (unpaired) electrons. The summed E-state index contributed by atoms with van der Waals surface area (Å²) in [5.41, 5.74) is 0.345. The number of imidazole rings is 1. The van der Waals surface area contributed by atoms with E-state index in [1.807, 2.05) is 0 Å². The molecule has 0 aliphatic carbocycles. The largest absolute Gasteiger partial charge is 0.330 e. The number of aromatic nitrogens is 2. The topological polar surface area (TPSA) is 127 Å². The van der Waals surface area contributed by atoms with Crippen LogP contribution in [-0.2, 0) is 10.0 Å². The molecule has 0 fully saturated rings. The molecule has 2 N–H and O–H groups in total. The Hall–Kier alpha value is -3.11. The minimum atomic E-state index is -4.21. The van der Waals surface area contributed by atoms with Gasteiger partial charge in [-0.05, 0) is 32.0 Å². The van der Waals surface area contributed by atoms with Crippen molar-refractivity contribution in [3.05, 3.63) is 79.5 Å². The van der Waals surface area contributed by atoms with Crippen molar-refractivity contribution in [1.29, 1.82) is 0 Å². The highest BCUT2D eigenvalue weighted by atomic mass is 35.5. The molecule has 28 heavy (non-hydrogen) atoms. The standard InChI is InChI=1S/C17H15ClN4O5S/c1-10-9-19-17(23)21(10)15-6-4-3-5-14(15)20-28(26,27)12-7-13(18)11(2)16(8-12)22(24)25/h3-9,20H,1-2H3,(H,19,23). The van der Waals surface area contributed by atoms with Gasteiger partial charge in [0.05, 0.1) is 26.2 Å². The van der Waals surface area contributed by atoms with Crippen molar-refractivity contribution >= 4 is 33.0 Å². The number of nitro groups is 1. The highest BCUT2D eigenvalue weighted by Crippen LogP contribution is 2.31. The van der Waals surface area contributed by atoms with Gasteiger partial charge in [0.15, 0.2) is 0 Å². The lowest BCUT2D eigenvalue weighted by molar-refractivity contribution is -0.385. The van der Waals surface area contributed by atoms with E-state index in [2.05, 4.69) is 9.71 Å². The lowest BCUT2D eigenvalue weighted by Crippen LogP contribution is -2.20. The van der Waals surface area contributed by atoms with E-state index < -0.39 is 26.3 Å². The summed E-state index contributed by atoms with van der Waals surface area (Å²) in [6.45, 7) is 3.12. The normalized spacial score (nSPS) is 11.4. The zero-order valence-electron chi connectivity index (χ0n) is 14.8. The summed E-state index contributed by atoms with van der Waals surface area (Å²) in [6, 6.07) is 8.39. The van der Waals surface area contributed by atoms with Gasteiger partial charge in [0.1, 0.15) is 0 Å². The van der Waals surface area contributed by atoms with Crippen LogP contribution in [-0.4, -0.2) is 22.9 Å². The molecule has 1 heterocycles. The molecule has 0 saturated heterocycles. The Morgan fingerprint density at radius 2 is 1.89 bits per heavy atom. The molecule has 146 valence electrons. The fourth-order valence-electron chi connectivity index (χ4n) is 2.70. The lowest BCUT2D eigenvalue weighted by atomic mass is 10.2. The van der Waals surface area contributed by atoms with Crippen LogP contribution >= 0.6 is 11.6 Å². The number of halogens is 1. The van der Waals surface area contributed by atoms with E-state index in [4.69, 9.17) is 11.6 Å². The van der Waals surface area contributed by atoms with Crippen molar-refractivity contribution in [3.63, 3.8) is 0 Å². The maximum absolute atomic E-state index is 12.8. The minimum Gasteiger partial charge on any atom is -0.312 e. The van der Waals surface area contributed by atoms with E-state index in [1.54, 1.807) is 25.1 Å². The van der Waals surface area contributed by atoms with Crippen molar-refractivity contribution < 1.29 is 13.3 Å². The smallest absolute Gasteiger partial charge is 0.312 e. The molecular formula is C17H15ClN4O5S. The third kappa shape index (κ3) is 3.51. The maximum atomic E-state index is 12.8. The summed E-state index contributed by atoms with van der Waals surface area (Å²) in [5.74, 6) is 0. The van der Waals surface area contributed by atoms with Crippen LogP contribution in [0, 0.1) is 24.0 Å². The molecule has 9 nitrogen and oxygen atoms in total. The summed E-state index contributed by atoms with van der Waals surface area (Å²) in [7, 11) is -4.21. The van der Waals surface area contributed by atoms with Gasteiger partial charge in [-0.15, -0.1) is 0 Å². The quantitative estimate of drug-likeness (QED) is 0.482. The monoisotopic (exact) mass is 422 g/mol. The molecule has 0 saturated carbocycles. The average Bonchev–Trinajstić information content (AvgIpc) is 2.95.